The van der Waals surface area contributed by atoms with Crippen LogP contribution >= 0.6 is 0 Å². The molecule has 2 aromatic carbocycles. The van der Waals surface area contributed by atoms with Crippen molar-refractivity contribution in [3.8, 4) is 11.5 Å². The Bertz CT molecular complexity index is 732. The van der Waals surface area contributed by atoms with Crippen LogP contribution in [0.25, 0.3) is 0 Å². The standard InChI is InChI=1S/C23H27O3S/c24-22(23(19-6-4-5-7-19)27-16-14-25-15-17-27)18-10-12-21(13-11-18)26-20-8-2-1-3-9-20/h1-3,8-13,19,23H,4-7,14-17H2/q+1. The van der Waals surface area contributed by atoms with Crippen molar-refractivity contribution in [2.75, 3.05) is 24.7 Å². The van der Waals surface area contributed by atoms with Gasteiger partial charge in [-0.15, -0.1) is 0 Å². The van der Waals surface area contributed by atoms with Gasteiger partial charge in [-0.05, 0) is 49.2 Å². The maximum Gasteiger partial charge on any atom is 0.215 e. The molecule has 0 aromatic heterocycles. The van der Waals surface area contributed by atoms with Gasteiger partial charge in [-0.3, -0.25) is 4.79 Å². The molecule has 0 amide bonds. The average Bonchev–Trinajstić information content (AvgIpc) is 3.24. The predicted octanol–water partition coefficient (Wildman–Crippen LogP) is 4.87. The van der Waals surface area contributed by atoms with Gasteiger partial charge in [0.15, 0.2) is 5.25 Å². The number of carbonyl (C=O) groups is 1. The fraction of sp³-hybridized carbons (Fsp3) is 0.435. The maximum atomic E-state index is 13.4. The SMILES string of the molecule is O=C(c1ccc(Oc2ccccc2)cc1)C(C1CCCC1)[S+]1CCOCC1. The molecule has 1 unspecified atom stereocenters. The summed E-state index contributed by atoms with van der Waals surface area (Å²) in [5.74, 6) is 4.55. The lowest BCUT2D eigenvalue weighted by Crippen LogP contribution is -2.43. The van der Waals surface area contributed by atoms with E-state index in [2.05, 4.69) is 0 Å². The van der Waals surface area contributed by atoms with Crippen LogP contribution in [0.3, 0.4) is 0 Å². The summed E-state index contributed by atoms with van der Waals surface area (Å²) in [6.07, 6.45) is 4.95. The number of hydrogen-bond acceptors (Lipinski definition) is 3. The summed E-state index contributed by atoms with van der Waals surface area (Å²) < 4.78 is 11.4. The van der Waals surface area contributed by atoms with E-state index in [0.717, 1.165) is 41.8 Å². The smallest absolute Gasteiger partial charge is 0.215 e. The minimum absolute atomic E-state index is 0.155. The van der Waals surface area contributed by atoms with Crippen LogP contribution in [0.15, 0.2) is 54.6 Å². The molecule has 27 heavy (non-hydrogen) atoms. The van der Waals surface area contributed by atoms with E-state index in [4.69, 9.17) is 9.47 Å². The van der Waals surface area contributed by atoms with Crippen LogP contribution in [0.1, 0.15) is 36.0 Å². The van der Waals surface area contributed by atoms with Crippen LogP contribution in [-0.2, 0) is 15.6 Å². The molecule has 3 nitrogen and oxygen atoms in total. The van der Waals surface area contributed by atoms with Gasteiger partial charge in [0.1, 0.15) is 23.0 Å². The van der Waals surface area contributed by atoms with E-state index < -0.39 is 0 Å². The summed E-state index contributed by atoms with van der Waals surface area (Å²) in [6, 6.07) is 17.4. The highest BCUT2D eigenvalue weighted by molar-refractivity contribution is 7.98. The number of carbonyl (C=O) groups excluding carboxylic acids is 1. The van der Waals surface area contributed by atoms with Crippen LogP contribution in [0, 0.1) is 5.92 Å². The molecule has 2 aromatic rings. The van der Waals surface area contributed by atoms with Crippen LogP contribution in [0.5, 0.6) is 11.5 Å². The molecule has 1 aliphatic heterocycles. The summed E-state index contributed by atoms with van der Waals surface area (Å²) in [7, 11) is 0.155. The number of Topliss-reactive ketones (excluding diaryl/α,β-unsaturated/α-hetero) is 1. The van der Waals surface area contributed by atoms with Crippen molar-refractivity contribution in [2.24, 2.45) is 5.92 Å². The van der Waals surface area contributed by atoms with Crippen LogP contribution < -0.4 is 4.74 Å². The molecule has 0 spiro atoms. The Balaban J connectivity index is 1.50. The molecule has 4 rings (SSSR count). The van der Waals surface area contributed by atoms with Gasteiger partial charge in [0, 0.05) is 22.4 Å². The Hall–Kier alpha value is -1.78. The largest absolute Gasteiger partial charge is 0.457 e. The van der Waals surface area contributed by atoms with Crippen molar-refractivity contribution in [3.63, 3.8) is 0 Å². The Morgan fingerprint density at radius 1 is 0.926 bits per heavy atom. The Labute approximate surface area is 164 Å². The van der Waals surface area contributed by atoms with E-state index in [9.17, 15) is 4.79 Å². The zero-order valence-electron chi connectivity index (χ0n) is 15.6. The van der Waals surface area contributed by atoms with E-state index in [1.807, 2.05) is 54.6 Å². The van der Waals surface area contributed by atoms with Crippen molar-refractivity contribution in [1.29, 1.82) is 0 Å². The molecule has 1 saturated heterocycles. The normalized spacial score (nSPS) is 19.7. The highest BCUT2D eigenvalue weighted by atomic mass is 32.2. The second kappa shape index (κ2) is 8.94. The lowest BCUT2D eigenvalue weighted by atomic mass is 9.96. The average molecular weight is 384 g/mol. The first-order chi connectivity index (χ1) is 13.3. The third kappa shape index (κ3) is 4.56. The third-order valence-corrected chi connectivity index (χ3v) is 8.24. The number of hydrogen-bond donors (Lipinski definition) is 0. The van der Waals surface area contributed by atoms with Crippen molar-refractivity contribution in [3.05, 3.63) is 60.2 Å². The van der Waals surface area contributed by atoms with Gasteiger partial charge in [-0.2, -0.15) is 0 Å². The summed E-state index contributed by atoms with van der Waals surface area (Å²) in [6.45, 7) is 1.62. The lowest BCUT2D eigenvalue weighted by molar-refractivity contribution is 0.0967. The molecule has 1 heterocycles. The summed E-state index contributed by atoms with van der Waals surface area (Å²) >= 11 is 0. The first-order valence-corrected chi connectivity index (χ1v) is 11.5. The van der Waals surface area contributed by atoms with Gasteiger partial charge in [0.05, 0.1) is 13.2 Å². The molecule has 1 saturated carbocycles. The van der Waals surface area contributed by atoms with Crippen LogP contribution in [0.2, 0.25) is 0 Å². The minimum Gasteiger partial charge on any atom is -0.457 e. The molecule has 0 N–H and O–H groups in total. The van der Waals surface area contributed by atoms with Gasteiger partial charge in [0.2, 0.25) is 5.78 Å². The highest BCUT2D eigenvalue weighted by Crippen LogP contribution is 2.35. The van der Waals surface area contributed by atoms with Crippen LogP contribution in [0.4, 0.5) is 0 Å². The second-order valence-corrected chi connectivity index (χ2v) is 9.73. The lowest BCUT2D eigenvalue weighted by Gasteiger charge is -2.26. The summed E-state index contributed by atoms with van der Waals surface area (Å²) in [5, 5.41) is 0.178. The zero-order chi connectivity index (χ0) is 18.5. The Kier molecular flexibility index (Phi) is 6.15. The van der Waals surface area contributed by atoms with Crippen LogP contribution in [-0.4, -0.2) is 35.8 Å². The van der Waals surface area contributed by atoms with Crippen molar-refractivity contribution in [1.82, 2.24) is 0 Å². The van der Waals surface area contributed by atoms with E-state index in [1.54, 1.807) is 0 Å². The number of ketones is 1. The van der Waals surface area contributed by atoms with Gasteiger partial charge in [-0.25, -0.2) is 0 Å². The molecule has 4 heteroatoms. The molecular weight excluding hydrogens is 356 g/mol. The minimum atomic E-state index is 0.155. The van der Waals surface area contributed by atoms with E-state index in [-0.39, 0.29) is 16.1 Å². The van der Waals surface area contributed by atoms with Gasteiger partial charge in [-0.1, -0.05) is 31.0 Å². The molecule has 1 aliphatic carbocycles. The maximum absolute atomic E-state index is 13.4. The summed E-state index contributed by atoms with van der Waals surface area (Å²) in [4.78, 5) is 13.4. The molecule has 2 aliphatic rings. The van der Waals surface area contributed by atoms with Crippen molar-refractivity contribution < 1.29 is 14.3 Å². The fourth-order valence-electron chi connectivity index (χ4n) is 4.16. The van der Waals surface area contributed by atoms with Gasteiger partial charge in [0.25, 0.3) is 0 Å². The van der Waals surface area contributed by atoms with Crippen molar-refractivity contribution in [2.45, 2.75) is 30.9 Å². The zero-order valence-corrected chi connectivity index (χ0v) is 16.5. The number of para-hydroxylation sites is 1. The first-order valence-electron chi connectivity index (χ1n) is 9.92. The monoisotopic (exact) mass is 383 g/mol. The predicted molar refractivity (Wildman–Crippen MR) is 111 cm³/mol. The Morgan fingerprint density at radius 3 is 2.22 bits per heavy atom. The number of benzene rings is 2. The molecule has 2 fully saturated rings. The molecule has 142 valence electrons. The first kappa shape index (κ1) is 18.6. The highest BCUT2D eigenvalue weighted by Gasteiger charge is 2.44. The number of rotatable bonds is 6. The molecular formula is C23H27O3S+. The van der Waals surface area contributed by atoms with E-state index >= 15 is 0 Å². The molecule has 0 radical (unpaired) electrons. The molecule has 1 atom stereocenters. The second-order valence-electron chi connectivity index (χ2n) is 7.33. The Morgan fingerprint density at radius 2 is 1.56 bits per heavy atom. The van der Waals surface area contributed by atoms with Gasteiger partial charge < -0.3 is 9.47 Å². The van der Waals surface area contributed by atoms with Crippen molar-refractivity contribution >= 4 is 16.7 Å². The summed E-state index contributed by atoms with van der Waals surface area (Å²) in [5.41, 5.74) is 0.825. The number of ether oxygens (including phenoxy) is 2. The van der Waals surface area contributed by atoms with Gasteiger partial charge >= 0.3 is 0 Å². The third-order valence-electron chi connectivity index (χ3n) is 5.54. The topological polar surface area (TPSA) is 35.5 Å². The quantitative estimate of drug-likeness (QED) is 0.527. The van der Waals surface area contributed by atoms with E-state index in [1.165, 1.54) is 25.7 Å². The molecule has 0 bridgehead atoms. The fourth-order valence-corrected chi connectivity index (χ4v) is 6.80. The van der Waals surface area contributed by atoms with E-state index in [0.29, 0.717) is 11.7 Å².